The molecule has 4 rings (SSSR count). The molecule has 0 atom stereocenters. The number of rotatable bonds is 6. The van der Waals surface area contributed by atoms with E-state index in [9.17, 15) is 14.4 Å². The van der Waals surface area contributed by atoms with Crippen LogP contribution in [0.5, 0.6) is 0 Å². The highest BCUT2D eigenvalue weighted by Gasteiger charge is 2.16. The van der Waals surface area contributed by atoms with Crippen LogP contribution < -0.4 is 10.6 Å². The van der Waals surface area contributed by atoms with E-state index in [1.807, 2.05) is 6.07 Å². The average molecular weight is 489 g/mol. The molecule has 4 aromatic rings. The van der Waals surface area contributed by atoms with E-state index in [-0.39, 0.29) is 17.4 Å². The molecule has 34 heavy (non-hydrogen) atoms. The summed E-state index contributed by atoms with van der Waals surface area (Å²) >= 11 is 11.8. The molecular weight excluding hydrogens is 471 g/mol. The molecule has 4 aromatic carbocycles. The number of nitrogens with one attached hydrogen (secondary N) is 2. The van der Waals surface area contributed by atoms with Crippen LogP contribution in [0.4, 0.5) is 11.4 Å². The summed E-state index contributed by atoms with van der Waals surface area (Å²) in [7, 11) is 0. The van der Waals surface area contributed by atoms with Gasteiger partial charge >= 0.3 is 0 Å². The molecule has 0 unspecified atom stereocenters. The number of halogens is 2. The minimum atomic E-state index is -0.414. The highest BCUT2D eigenvalue weighted by Crippen LogP contribution is 2.27. The molecule has 0 fully saturated rings. The van der Waals surface area contributed by atoms with Crippen LogP contribution in [0, 0.1) is 0 Å². The van der Waals surface area contributed by atoms with Gasteiger partial charge in [-0.05, 0) is 66.7 Å². The quantitative estimate of drug-likeness (QED) is 0.295. The molecule has 0 saturated carbocycles. The largest absolute Gasteiger partial charge is 0.320 e. The lowest BCUT2D eigenvalue weighted by Crippen LogP contribution is -2.17. The van der Waals surface area contributed by atoms with Crippen molar-refractivity contribution in [2.45, 2.75) is 0 Å². The Morgan fingerprint density at radius 2 is 0.971 bits per heavy atom. The summed E-state index contributed by atoms with van der Waals surface area (Å²) in [5.41, 5.74) is 2.26. The smallest absolute Gasteiger partial charge is 0.255 e. The second-order valence-electron chi connectivity index (χ2n) is 7.38. The number of ketones is 1. The van der Waals surface area contributed by atoms with Gasteiger partial charge in [0.15, 0.2) is 5.78 Å². The minimum absolute atomic E-state index is 0.210. The van der Waals surface area contributed by atoms with E-state index < -0.39 is 5.91 Å². The summed E-state index contributed by atoms with van der Waals surface area (Å²) in [6, 6.07) is 26.3. The standard InChI is InChI=1S/C27H18Cl2N2O3/c28-21-11-6-18(7-12-21)26(33)30-23-15-10-20(25(32)17-4-2-1-3-5-17)16-24(23)31-27(34)19-8-13-22(29)14-9-19/h1-16H,(H,30,33)(H,31,34). The number of anilines is 2. The fraction of sp³-hybridized carbons (Fsp3) is 0. The zero-order valence-electron chi connectivity index (χ0n) is 17.7. The second kappa shape index (κ2) is 10.3. The predicted molar refractivity (Wildman–Crippen MR) is 135 cm³/mol. The summed E-state index contributed by atoms with van der Waals surface area (Å²) < 4.78 is 0. The molecular formula is C27H18Cl2N2O3. The van der Waals surface area contributed by atoms with Crippen molar-refractivity contribution in [3.05, 3.63) is 129 Å². The Labute approximate surface area is 206 Å². The SMILES string of the molecule is O=C(Nc1ccc(C(=O)c2ccccc2)cc1NC(=O)c1ccc(Cl)cc1)c1ccc(Cl)cc1. The van der Waals surface area contributed by atoms with Gasteiger partial charge in [-0.25, -0.2) is 0 Å². The van der Waals surface area contributed by atoms with Crippen molar-refractivity contribution >= 4 is 52.2 Å². The van der Waals surface area contributed by atoms with E-state index in [1.165, 1.54) is 0 Å². The van der Waals surface area contributed by atoms with Crippen molar-refractivity contribution in [3.63, 3.8) is 0 Å². The third kappa shape index (κ3) is 5.52. The van der Waals surface area contributed by atoms with E-state index in [0.717, 1.165) is 0 Å². The van der Waals surface area contributed by atoms with E-state index in [4.69, 9.17) is 23.2 Å². The molecule has 0 bridgehead atoms. The van der Waals surface area contributed by atoms with Gasteiger partial charge in [-0.3, -0.25) is 14.4 Å². The summed E-state index contributed by atoms with van der Waals surface area (Å²) in [5.74, 6) is -1.01. The minimum Gasteiger partial charge on any atom is -0.320 e. The summed E-state index contributed by atoms with van der Waals surface area (Å²) in [5, 5.41) is 6.59. The molecule has 0 aliphatic carbocycles. The number of amides is 2. The maximum absolute atomic E-state index is 13.0. The van der Waals surface area contributed by atoms with E-state index in [1.54, 1.807) is 91.0 Å². The molecule has 0 heterocycles. The lowest BCUT2D eigenvalue weighted by atomic mass is 10.0. The van der Waals surface area contributed by atoms with Gasteiger partial charge in [0, 0.05) is 32.3 Å². The van der Waals surface area contributed by atoms with Crippen molar-refractivity contribution in [2.24, 2.45) is 0 Å². The molecule has 7 heteroatoms. The Morgan fingerprint density at radius 3 is 1.50 bits per heavy atom. The van der Waals surface area contributed by atoms with E-state index in [0.29, 0.717) is 38.0 Å². The summed E-state index contributed by atoms with van der Waals surface area (Å²) in [6.45, 7) is 0. The Bertz CT molecular complexity index is 1350. The van der Waals surface area contributed by atoms with Crippen LogP contribution in [-0.2, 0) is 0 Å². The van der Waals surface area contributed by atoms with Crippen LogP contribution >= 0.6 is 23.2 Å². The Hall–Kier alpha value is -3.93. The van der Waals surface area contributed by atoms with Gasteiger partial charge < -0.3 is 10.6 Å². The fourth-order valence-corrected chi connectivity index (χ4v) is 3.50. The number of carbonyl (C=O) groups excluding carboxylic acids is 3. The number of hydrogen-bond acceptors (Lipinski definition) is 3. The predicted octanol–water partition coefficient (Wildman–Crippen LogP) is 6.73. The Kier molecular flexibility index (Phi) is 7.07. The van der Waals surface area contributed by atoms with Crippen LogP contribution in [0.3, 0.4) is 0 Å². The number of carbonyl (C=O) groups is 3. The van der Waals surface area contributed by atoms with Gasteiger partial charge in [0.05, 0.1) is 11.4 Å². The first kappa shape index (κ1) is 23.2. The molecule has 0 saturated heterocycles. The first-order chi connectivity index (χ1) is 16.4. The van der Waals surface area contributed by atoms with Crippen LogP contribution in [0.15, 0.2) is 97.1 Å². The second-order valence-corrected chi connectivity index (χ2v) is 8.25. The van der Waals surface area contributed by atoms with Gasteiger partial charge in [-0.1, -0.05) is 53.5 Å². The average Bonchev–Trinajstić information content (AvgIpc) is 2.86. The zero-order chi connectivity index (χ0) is 24.1. The summed E-state index contributed by atoms with van der Waals surface area (Å²) in [6.07, 6.45) is 0. The van der Waals surface area contributed by atoms with Crippen LogP contribution in [-0.4, -0.2) is 17.6 Å². The first-order valence-electron chi connectivity index (χ1n) is 10.3. The van der Waals surface area contributed by atoms with Gasteiger partial charge in [-0.2, -0.15) is 0 Å². The van der Waals surface area contributed by atoms with Crippen molar-refractivity contribution in [3.8, 4) is 0 Å². The third-order valence-electron chi connectivity index (χ3n) is 5.03. The van der Waals surface area contributed by atoms with Crippen LogP contribution in [0.2, 0.25) is 10.0 Å². The molecule has 5 nitrogen and oxygen atoms in total. The van der Waals surface area contributed by atoms with Crippen molar-refractivity contribution < 1.29 is 14.4 Å². The molecule has 2 N–H and O–H groups in total. The number of hydrogen-bond donors (Lipinski definition) is 2. The van der Waals surface area contributed by atoms with Crippen LogP contribution in [0.1, 0.15) is 36.6 Å². The molecule has 168 valence electrons. The molecule has 0 spiro atoms. The van der Waals surface area contributed by atoms with Crippen molar-refractivity contribution in [1.82, 2.24) is 0 Å². The van der Waals surface area contributed by atoms with Crippen molar-refractivity contribution in [1.29, 1.82) is 0 Å². The Morgan fingerprint density at radius 1 is 0.500 bits per heavy atom. The monoisotopic (exact) mass is 488 g/mol. The fourth-order valence-electron chi connectivity index (χ4n) is 3.25. The first-order valence-corrected chi connectivity index (χ1v) is 11.0. The maximum Gasteiger partial charge on any atom is 0.255 e. The molecule has 0 radical (unpaired) electrons. The topological polar surface area (TPSA) is 75.3 Å². The van der Waals surface area contributed by atoms with Crippen molar-refractivity contribution in [2.75, 3.05) is 10.6 Å². The van der Waals surface area contributed by atoms with Crippen LogP contribution in [0.25, 0.3) is 0 Å². The molecule has 0 aliphatic heterocycles. The normalized spacial score (nSPS) is 10.4. The van der Waals surface area contributed by atoms with Gasteiger partial charge in [-0.15, -0.1) is 0 Å². The molecule has 0 aromatic heterocycles. The highest BCUT2D eigenvalue weighted by molar-refractivity contribution is 6.31. The van der Waals surface area contributed by atoms with E-state index in [2.05, 4.69) is 10.6 Å². The maximum atomic E-state index is 13.0. The highest BCUT2D eigenvalue weighted by atomic mass is 35.5. The van der Waals surface area contributed by atoms with E-state index >= 15 is 0 Å². The zero-order valence-corrected chi connectivity index (χ0v) is 19.2. The Balaban J connectivity index is 1.67. The van der Waals surface area contributed by atoms with Gasteiger partial charge in [0.25, 0.3) is 11.8 Å². The molecule has 2 amide bonds. The lowest BCUT2D eigenvalue weighted by Gasteiger charge is -2.14. The lowest BCUT2D eigenvalue weighted by molar-refractivity contribution is 0.101. The third-order valence-corrected chi connectivity index (χ3v) is 5.53. The summed E-state index contributed by atoms with van der Waals surface area (Å²) in [4.78, 5) is 38.6. The van der Waals surface area contributed by atoms with Gasteiger partial charge in [0.2, 0.25) is 0 Å². The number of benzene rings is 4. The molecule has 0 aliphatic rings. The van der Waals surface area contributed by atoms with Gasteiger partial charge in [0.1, 0.15) is 0 Å².